The van der Waals surface area contributed by atoms with Crippen LogP contribution in [0.1, 0.15) is 0 Å². The molecular formula is C10H7F3N2O2S. The van der Waals surface area contributed by atoms with Gasteiger partial charge in [0, 0.05) is 0 Å². The molecule has 0 radical (unpaired) electrons. The maximum Gasteiger partial charge on any atom is 0.471 e. The molecule has 2 aromatic rings. The maximum atomic E-state index is 12.1. The summed E-state index contributed by atoms with van der Waals surface area (Å²) in [6.07, 6.45) is -4.92. The zero-order valence-corrected chi connectivity index (χ0v) is 9.85. The number of hydrogen-bond donors (Lipinski definition) is 1. The van der Waals surface area contributed by atoms with Crippen LogP contribution in [0.3, 0.4) is 0 Å². The number of benzene rings is 1. The highest BCUT2D eigenvalue weighted by Gasteiger charge is 2.39. The topological polar surface area (TPSA) is 51.2 Å². The summed E-state index contributed by atoms with van der Waals surface area (Å²) in [7, 11) is 1.48. The van der Waals surface area contributed by atoms with Gasteiger partial charge in [-0.2, -0.15) is 13.2 Å². The van der Waals surface area contributed by atoms with E-state index in [1.807, 2.05) is 0 Å². The minimum absolute atomic E-state index is 0.0967. The molecule has 0 saturated heterocycles. The average molecular weight is 276 g/mol. The Hall–Kier alpha value is -1.83. The number of amides is 1. The van der Waals surface area contributed by atoms with E-state index in [-0.39, 0.29) is 5.13 Å². The van der Waals surface area contributed by atoms with E-state index in [4.69, 9.17) is 4.74 Å². The molecule has 1 amide bonds. The van der Waals surface area contributed by atoms with Gasteiger partial charge in [0.25, 0.3) is 0 Å². The summed E-state index contributed by atoms with van der Waals surface area (Å²) in [5, 5.41) is 1.61. The number of ether oxygens (including phenoxy) is 1. The lowest BCUT2D eigenvalue weighted by molar-refractivity contribution is -0.167. The predicted octanol–water partition coefficient (Wildman–Crippen LogP) is 2.81. The van der Waals surface area contributed by atoms with Crippen molar-refractivity contribution in [2.24, 2.45) is 0 Å². The fourth-order valence-corrected chi connectivity index (χ4v) is 2.14. The lowest BCUT2D eigenvalue weighted by atomic mass is 10.3. The van der Waals surface area contributed by atoms with Crippen LogP contribution in [-0.4, -0.2) is 24.2 Å². The van der Waals surface area contributed by atoms with Gasteiger partial charge in [0.2, 0.25) is 0 Å². The van der Waals surface area contributed by atoms with Gasteiger partial charge < -0.3 is 4.74 Å². The lowest BCUT2D eigenvalue weighted by Gasteiger charge is -2.03. The smallest absolute Gasteiger partial charge is 0.471 e. The molecule has 0 aliphatic heterocycles. The number of carbonyl (C=O) groups excluding carboxylic acids is 1. The van der Waals surface area contributed by atoms with Crippen LogP contribution in [0.2, 0.25) is 0 Å². The Labute approximate surface area is 103 Å². The van der Waals surface area contributed by atoms with Crippen LogP contribution in [0, 0.1) is 0 Å². The van der Waals surface area contributed by atoms with Crippen LogP contribution < -0.4 is 10.1 Å². The van der Waals surface area contributed by atoms with Gasteiger partial charge in [-0.1, -0.05) is 11.3 Å². The van der Waals surface area contributed by atoms with Crippen LogP contribution in [0.5, 0.6) is 5.75 Å². The molecule has 0 aliphatic rings. The summed E-state index contributed by atoms with van der Waals surface area (Å²) in [5.74, 6) is -1.46. The molecule has 0 aliphatic carbocycles. The highest BCUT2D eigenvalue weighted by molar-refractivity contribution is 7.22. The van der Waals surface area contributed by atoms with Crippen LogP contribution in [0.4, 0.5) is 18.3 Å². The molecule has 2 rings (SSSR count). The molecule has 96 valence electrons. The minimum atomic E-state index is -4.92. The molecule has 1 aromatic carbocycles. The number of rotatable bonds is 2. The fraction of sp³-hybridized carbons (Fsp3) is 0.200. The second kappa shape index (κ2) is 4.45. The normalized spacial score (nSPS) is 11.6. The number of carbonyl (C=O) groups is 1. The molecule has 18 heavy (non-hydrogen) atoms. The molecule has 0 bridgehead atoms. The SMILES string of the molecule is COc1ccc2nc(NC(=O)C(F)(F)F)sc2c1. The van der Waals surface area contributed by atoms with Crippen LogP contribution in [-0.2, 0) is 4.79 Å². The Kier molecular flexibility index (Phi) is 3.12. The van der Waals surface area contributed by atoms with Crippen LogP contribution in [0.15, 0.2) is 18.2 Å². The van der Waals surface area contributed by atoms with Gasteiger partial charge in [0.05, 0.1) is 17.3 Å². The summed E-state index contributed by atoms with van der Waals surface area (Å²) >= 11 is 0.948. The van der Waals surface area contributed by atoms with E-state index in [0.717, 1.165) is 11.3 Å². The third-order valence-corrected chi connectivity index (χ3v) is 3.01. The second-order valence-corrected chi connectivity index (χ2v) is 4.34. The summed E-state index contributed by atoms with van der Waals surface area (Å²) in [6.45, 7) is 0. The Morgan fingerprint density at radius 2 is 2.17 bits per heavy atom. The van der Waals surface area contributed by atoms with Gasteiger partial charge in [-0.05, 0) is 18.2 Å². The van der Waals surface area contributed by atoms with E-state index < -0.39 is 12.1 Å². The van der Waals surface area contributed by atoms with Gasteiger partial charge in [0.15, 0.2) is 5.13 Å². The number of nitrogens with one attached hydrogen (secondary N) is 1. The number of halogens is 3. The third kappa shape index (κ3) is 2.53. The first-order valence-corrected chi connectivity index (χ1v) is 5.54. The van der Waals surface area contributed by atoms with Crippen LogP contribution in [0.25, 0.3) is 10.2 Å². The van der Waals surface area contributed by atoms with Gasteiger partial charge >= 0.3 is 12.1 Å². The van der Waals surface area contributed by atoms with E-state index in [9.17, 15) is 18.0 Å². The van der Waals surface area contributed by atoms with Crippen molar-refractivity contribution in [1.82, 2.24) is 4.98 Å². The van der Waals surface area contributed by atoms with Gasteiger partial charge in [0.1, 0.15) is 5.75 Å². The Morgan fingerprint density at radius 1 is 1.44 bits per heavy atom. The summed E-state index contributed by atoms with van der Waals surface area (Å²) in [5.41, 5.74) is 0.498. The standard InChI is InChI=1S/C10H7F3N2O2S/c1-17-5-2-3-6-7(4-5)18-9(14-6)15-8(16)10(11,12)13/h2-4H,1H3,(H,14,15,16). The summed E-state index contributed by atoms with van der Waals surface area (Å²) < 4.78 is 41.8. The minimum Gasteiger partial charge on any atom is -0.497 e. The lowest BCUT2D eigenvalue weighted by Crippen LogP contribution is -2.29. The molecule has 4 nitrogen and oxygen atoms in total. The van der Waals surface area contributed by atoms with Crippen molar-refractivity contribution in [3.8, 4) is 5.75 Å². The molecule has 0 unspecified atom stereocenters. The van der Waals surface area contributed by atoms with Crippen molar-refractivity contribution >= 4 is 32.6 Å². The number of aromatic nitrogens is 1. The van der Waals surface area contributed by atoms with Gasteiger partial charge in [-0.25, -0.2) is 4.98 Å². The monoisotopic (exact) mass is 276 g/mol. The Morgan fingerprint density at radius 3 is 2.78 bits per heavy atom. The number of hydrogen-bond acceptors (Lipinski definition) is 4. The molecular weight excluding hydrogens is 269 g/mol. The van der Waals surface area contributed by atoms with E-state index in [2.05, 4.69) is 4.98 Å². The first-order valence-electron chi connectivity index (χ1n) is 4.73. The molecule has 1 heterocycles. The number of alkyl halides is 3. The average Bonchev–Trinajstić information content (AvgIpc) is 2.68. The van der Waals surface area contributed by atoms with E-state index in [1.165, 1.54) is 7.11 Å². The first-order chi connectivity index (χ1) is 8.40. The Balaban J connectivity index is 2.28. The van der Waals surface area contributed by atoms with Crippen molar-refractivity contribution < 1.29 is 22.7 Å². The molecule has 1 N–H and O–H groups in total. The molecule has 0 atom stereocenters. The quantitative estimate of drug-likeness (QED) is 0.917. The molecule has 0 spiro atoms. The van der Waals surface area contributed by atoms with Crippen molar-refractivity contribution in [3.05, 3.63) is 18.2 Å². The fourth-order valence-electron chi connectivity index (χ4n) is 1.25. The molecule has 0 fully saturated rings. The van der Waals surface area contributed by atoms with Crippen molar-refractivity contribution in [2.75, 3.05) is 12.4 Å². The number of fused-ring (bicyclic) bond motifs is 1. The highest BCUT2D eigenvalue weighted by atomic mass is 32.1. The maximum absolute atomic E-state index is 12.1. The zero-order valence-electron chi connectivity index (χ0n) is 9.04. The second-order valence-electron chi connectivity index (χ2n) is 3.30. The zero-order chi connectivity index (χ0) is 13.3. The summed E-state index contributed by atoms with van der Waals surface area (Å²) in [6, 6.07) is 4.88. The van der Waals surface area contributed by atoms with Gasteiger partial charge in [-0.3, -0.25) is 10.1 Å². The highest BCUT2D eigenvalue weighted by Crippen LogP contribution is 2.30. The van der Waals surface area contributed by atoms with Crippen molar-refractivity contribution in [2.45, 2.75) is 6.18 Å². The molecule has 0 saturated carbocycles. The largest absolute Gasteiger partial charge is 0.497 e. The van der Waals surface area contributed by atoms with Crippen molar-refractivity contribution in [3.63, 3.8) is 0 Å². The molecule has 8 heteroatoms. The predicted molar refractivity (Wildman–Crippen MR) is 60.9 cm³/mol. The van der Waals surface area contributed by atoms with E-state index in [1.54, 1.807) is 23.5 Å². The number of methoxy groups -OCH3 is 1. The van der Waals surface area contributed by atoms with Crippen molar-refractivity contribution in [1.29, 1.82) is 0 Å². The first kappa shape index (κ1) is 12.6. The van der Waals surface area contributed by atoms with E-state index >= 15 is 0 Å². The van der Waals surface area contributed by atoms with Crippen LogP contribution >= 0.6 is 11.3 Å². The number of anilines is 1. The third-order valence-electron chi connectivity index (χ3n) is 2.07. The molecule has 1 aromatic heterocycles. The van der Waals surface area contributed by atoms with E-state index in [0.29, 0.717) is 16.0 Å². The summed E-state index contributed by atoms with van der Waals surface area (Å²) in [4.78, 5) is 14.6. The number of nitrogens with zero attached hydrogens (tertiary/aromatic N) is 1. The van der Waals surface area contributed by atoms with Gasteiger partial charge in [-0.15, -0.1) is 0 Å². The Bertz CT molecular complexity index is 594. The number of thiazole rings is 1.